The first-order valence-corrected chi connectivity index (χ1v) is 6.14. The summed E-state index contributed by atoms with van der Waals surface area (Å²) in [5.41, 5.74) is 0.228. The Labute approximate surface area is 119 Å². The minimum absolute atomic E-state index is 0.0885. The van der Waals surface area contributed by atoms with Crippen LogP contribution in [0.2, 0.25) is 0 Å². The number of carboxylic acids is 1. The maximum absolute atomic E-state index is 12.7. The van der Waals surface area contributed by atoms with E-state index in [1.54, 1.807) is 0 Å². The highest BCUT2D eigenvalue weighted by molar-refractivity contribution is 5.86. The number of carbonyl (C=O) groups is 1. The molecule has 1 N–H and O–H groups in total. The molecule has 7 nitrogen and oxygen atoms in total. The van der Waals surface area contributed by atoms with Crippen LogP contribution in [0.4, 0.5) is 4.39 Å². The molecule has 0 bridgehead atoms. The zero-order chi connectivity index (χ0) is 15.2. The normalized spacial score (nSPS) is 10.6. The molecule has 1 aromatic carbocycles. The summed E-state index contributed by atoms with van der Waals surface area (Å²) in [5, 5.41) is 16.4. The molecule has 0 amide bonds. The Kier molecular flexibility index (Phi) is 4.83. The molecule has 2 rings (SSSR count). The van der Waals surface area contributed by atoms with Crippen molar-refractivity contribution in [1.29, 1.82) is 0 Å². The average molecular weight is 295 g/mol. The molecule has 0 aliphatic carbocycles. The molecule has 0 unspecified atom stereocenters. The number of carboxylic acid groups (broad SMARTS) is 1. The van der Waals surface area contributed by atoms with Gasteiger partial charge in [-0.1, -0.05) is 5.21 Å². The van der Waals surface area contributed by atoms with Crippen molar-refractivity contribution >= 4 is 5.97 Å². The molecule has 1 heterocycles. The Morgan fingerprint density at radius 1 is 1.38 bits per heavy atom. The maximum Gasteiger partial charge on any atom is 0.358 e. The summed E-state index contributed by atoms with van der Waals surface area (Å²) in [4.78, 5) is 11.0. The summed E-state index contributed by atoms with van der Waals surface area (Å²) in [6, 6.07) is 5.61. The Bertz CT molecular complexity index is 612. The largest absolute Gasteiger partial charge is 0.492 e. The van der Waals surface area contributed by atoms with Gasteiger partial charge in [0.1, 0.15) is 18.2 Å². The zero-order valence-corrected chi connectivity index (χ0v) is 11.3. The fourth-order valence-electron chi connectivity index (χ4n) is 1.74. The molecule has 2 aromatic rings. The molecule has 0 radical (unpaired) electrons. The fourth-order valence-corrected chi connectivity index (χ4v) is 1.74. The van der Waals surface area contributed by atoms with Gasteiger partial charge in [-0.05, 0) is 24.3 Å². The smallest absolute Gasteiger partial charge is 0.358 e. The van der Waals surface area contributed by atoms with Gasteiger partial charge in [0, 0.05) is 7.11 Å². The second-order valence-corrected chi connectivity index (χ2v) is 4.15. The highest BCUT2D eigenvalue weighted by Crippen LogP contribution is 2.12. The van der Waals surface area contributed by atoms with E-state index in [0.29, 0.717) is 18.0 Å². The van der Waals surface area contributed by atoms with Gasteiger partial charge in [0.2, 0.25) is 0 Å². The number of hydrogen-bond donors (Lipinski definition) is 1. The second kappa shape index (κ2) is 6.80. The van der Waals surface area contributed by atoms with E-state index in [1.165, 1.54) is 36.1 Å². The van der Waals surface area contributed by atoms with Gasteiger partial charge in [-0.25, -0.2) is 13.9 Å². The molecular weight excluding hydrogens is 281 g/mol. The number of nitrogens with zero attached hydrogens (tertiary/aromatic N) is 3. The Hall–Kier alpha value is -2.48. The van der Waals surface area contributed by atoms with Crippen LogP contribution < -0.4 is 4.74 Å². The van der Waals surface area contributed by atoms with E-state index in [2.05, 4.69) is 10.3 Å². The monoisotopic (exact) mass is 295 g/mol. The van der Waals surface area contributed by atoms with Crippen molar-refractivity contribution in [2.75, 3.05) is 13.7 Å². The summed E-state index contributed by atoms with van der Waals surface area (Å²) < 4.78 is 24.5. The molecule has 0 saturated carbocycles. The molecule has 0 saturated heterocycles. The van der Waals surface area contributed by atoms with Gasteiger partial charge >= 0.3 is 5.97 Å². The van der Waals surface area contributed by atoms with Crippen LogP contribution in [-0.4, -0.2) is 39.8 Å². The third kappa shape index (κ3) is 3.76. The van der Waals surface area contributed by atoms with Gasteiger partial charge in [-0.15, -0.1) is 5.10 Å². The summed E-state index contributed by atoms with van der Waals surface area (Å²) in [5.74, 6) is -0.983. The van der Waals surface area contributed by atoms with Crippen molar-refractivity contribution in [2.45, 2.75) is 13.2 Å². The maximum atomic E-state index is 12.7. The second-order valence-electron chi connectivity index (χ2n) is 4.15. The van der Waals surface area contributed by atoms with Gasteiger partial charge < -0.3 is 14.6 Å². The number of hydrogen-bond acceptors (Lipinski definition) is 5. The van der Waals surface area contributed by atoms with Crippen LogP contribution in [0.25, 0.3) is 0 Å². The van der Waals surface area contributed by atoms with Crippen molar-refractivity contribution in [1.82, 2.24) is 15.0 Å². The highest BCUT2D eigenvalue weighted by atomic mass is 19.1. The lowest BCUT2D eigenvalue weighted by molar-refractivity contribution is 0.0684. The van der Waals surface area contributed by atoms with Crippen LogP contribution in [0.3, 0.4) is 0 Å². The molecule has 0 aliphatic heterocycles. The minimum atomic E-state index is -1.16. The van der Waals surface area contributed by atoms with E-state index in [1.807, 2.05) is 0 Å². The van der Waals surface area contributed by atoms with Crippen LogP contribution >= 0.6 is 0 Å². The number of aromatic nitrogens is 3. The van der Waals surface area contributed by atoms with Gasteiger partial charge in [0.05, 0.1) is 18.8 Å². The summed E-state index contributed by atoms with van der Waals surface area (Å²) in [6.45, 7) is 0.631. The van der Waals surface area contributed by atoms with E-state index < -0.39 is 5.97 Å². The van der Waals surface area contributed by atoms with Crippen LogP contribution in [0.5, 0.6) is 5.75 Å². The predicted molar refractivity (Wildman–Crippen MR) is 69.6 cm³/mol. The summed E-state index contributed by atoms with van der Waals surface area (Å²) >= 11 is 0. The van der Waals surface area contributed by atoms with Crippen LogP contribution in [-0.2, 0) is 17.9 Å². The van der Waals surface area contributed by atoms with Crippen molar-refractivity contribution in [3.05, 3.63) is 41.5 Å². The van der Waals surface area contributed by atoms with Crippen LogP contribution in [0.15, 0.2) is 24.3 Å². The lowest BCUT2D eigenvalue weighted by Gasteiger charge is -2.08. The first-order valence-electron chi connectivity index (χ1n) is 6.14. The van der Waals surface area contributed by atoms with Gasteiger partial charge in [-0.2, -0.15) is 0 Å². The number of aromatic carboxylic acids is 1. The molecule has 0 atom stereocenters. The van der Waals surface area contributed by atoms with Gasteiger partial charge in [0.15, 0.2) is 5.69 Å². The lowest BCUT2D eigenvalue weighted by atomic mass is 10.3. The van der Waals surface area contributed by atoms with E-state index in [9.17, 15) is 9.18 Å². The van der Waals surface area contributed by atoms with E-state index >= 15 is 0 Å². The first-order chi connectivity index (χ1) is 10.1. The molecule has 0 aliphatic rings. The number of benzene rings is 1. The SMILES string of the molecule is COCc1c(C(=O)O)nnn1CCOc1ccc(F)cc1. The first kappa shape index (κ1) is 14.9. The van der Waals surface area contributed by atoms with Gasteiger partial charge in [-0.3, -0.25) is 0 Å². The molecule has 8 heteroatoms. The molecule has 0 fully saturated rings. The Balaban J connectivity index is 1.99. The van der Waals surface area contributed by atoms with Crippen molar-refractivity contribution < 1.29 is 23.8 Å². The number of ether oxygens (including phenoxy) is 2. The Morgan fingerprint density at radius 3 is 2.71 bits per heavy atom. The van der Waals surface area contributed by atoms with Crippen LogP contribution in [0, 0.1) is 5.82 Å². The van der Waals surface area contributed by atoms with Crippen molar-refractivity contribution in [2.24, 2.45) is 0 Å². The quantitative estimate of drug-likeness (QED) is 0.829. The molecule has 0 spiro atoms. The van der Waals surface area contributed by atoms with E-state index in [0.717, 1.165) is 0 Å². The standard InChI is InChI=1S/C13H14FN3O4/c1-20-8-11-12(13(18)19)15-16-17(11)6-7-21-10-4-2-9(14)3-5-10/h2-5H,6-8H2,1H3,(H,18,19). The number of rotatable bonds is 7. The average Bonchev–Trinajstić information content (AvgIpc) is 2.85. The van der Waals surface area contributed by atoms with Crippen molar-refractivity contribution in [3.8, 4) is 5.75 Å². The molecule has 1 aromatic heterocycles. The summed E-state index contributed by atoms with van der Waals surface area (Å²) in [6.07, 6.45) is 0. The molecular formula is C13H14FN3O4. The third-order valence-electron chi connectivity index (χ3n) is 2.71. The fraction of sp³-hybridized carbons (Fsp3) is 0.308. The third-order valence-corrected chi connectivity index (χ3v) is 2.71. The van der Waals surface area contributed by atoms with Gasteiger partial charge in [0.25, 0.3) is 0 Å². The van der Waals surface area contributed by atoms with E-state index in [-0.39, 0.29) is 24.7 Å². The van der Waals surface area contributed by atoms with Crippen molar-refractivity contribution in [3.63, 3.8) is 0 Å². The summed E-state index contributed by atoms with van der Waals surface area (Å²) in [7, 11) is 1.46. The lowest BCUT2D eigenvalue weighted by Crippen LogP contribution is -2.14. The minimum Gasteiger partial charge on any atom is -0.492 e. The predicted octanol–water partition coefficient (Wildman–Crippen LogP) is 1.34. The zero-order valence-electron chi connectivity index (χ0n) is 11.3. The molecule has 112 valence electrons. The van der Waals surface area contributed by atoms with Crippen LogP contribution in [0.1, 0.15) is 16.2 Å². The molecule has 21 heavy (non-hydrogen) atoms. The number of methoxy groups -OCH3 is 1. The topological polar surface area (TPSA) is 86.5 Å². The number of halogens is 1. The Morgan fingerprint density at radius 2 is 2.10 bits per heavy atom. The highest BCUT2D eigenvalue weighted by Gasteiger charge is 2.18. The van der Waals surface area contributed by atoms with E-state index in [4.69, 9.17) is 14.6 Å².